The number of hydrogen-bond acceptors (Lipinski definition) is 5. The van der Waals surface area contributed by atoms with Crippen molar-refractivity contribution in [2.24, 2.45) is 0 Å². The lowest BCUT2D eigenvalue weighted by atomic mass is 10.0. The van der Waals surface area contributed by atoms with Crippen molar-refractivity contribution in [2.45, 2.75) is 53.2 Å². The van der Waals surface area contributed by atoms with Crippen molar-refractivity contribution in [2.75, 3.05) is 18.6 Å². The third-order valence-corrected chi connectivity index (χ3v) is 6.05. The number of hydrogen-bond donors (Lipinski definition) is 1. The summed E-state index contributed by atoms with van der Waals surface area (Å²) in [7, 11) is 0. The molecule has 0 saturated heterocycles. The van der Waals surface area contributed by atoms with Gasteiger partial charge in [-0.15, -0.1) is 0 Å². The fourth-order valence-electron chi connectivity index (χ4n) is 3.85. The van der Waals surface area contributed by atoms with Gasteiger partial charge in [-0.1, -0.05) is 23.8 Å². The minimum atomic E-state index is -0.469. The van der Waals surface area contributed by atoms with Crippen LogP contribution in [-0.4, -0.2) is 41.2 Å². The van der Waals surface area contributed by atoms with Crippen LogP contribution in [0.5, 0.6) is 11.5 Å². The molecule has 0 aromatic heterocycles. The molecule has 5 nitrogen and oxygen atoms in total. The number of thioether (sulfide) groups is 1. The van der Waals surface area contributed by atoms with Crippen molar-refractivity contribution in [3.8, 4) is 11.5 Å². The maximum absolute atomic E-state index is 13.5. The summed E-state index contributed by atoms with van der Waals surface area (Å²) in [4.78, 5) is 13.5. The van der Waals surface area contributed by atoms with E-state index in [0.717, 1.165) is 39.5 Å². The van der Waals surface area contributed by atoms with Crippen LogP contribution >= 0.6 is 11.8 Å². The summed E-state index contributed by atoms with van der Waals surface area (Å²) >= 11 is 1.73. The van der Waals surface area contributed by atoms with Crippen LogP contribution in [0.4, 0.5) is 0 Å². The van der Waals surface area contributed by atoms with Gasteiger partial charge < -0.3 is 9.47 Å². The van der Waals surface area contributed by atoms with E-state index in [9.17, 15) is 4.79 Å². The van der Waals surface area contributed by atoms with Crippen molar-refractivity contribution in [3.05, 3.63) is 64.7 Å². The van der Waals surface area contributed by atoms with Crippen LogP contribution in [0.3, 0.4) is 0 Å². The number of aryl methyl sites for hydroxylation is 2. The van der Waals surface area contributed by atoms with E-state index >= 15 is 0 Å². The van der Waals surface area contributed by atoms with Crippen molar-refractivity contribution >= 4 is 23.4 Å². The van der Waals surface area contributed by atoms with Gasteiger partial charge in [0.25, 0.3) is 5.91 Å². The number of ether oxygens (including phenoxy) is 2. The molecule has 3 rings (SSSR count). The molecule has 1 amide bonds. The van der Waals surface area contributed by atoms with Gasteiger partial charge in [-0.25, -0.2) is 5.01 Å². The molecule has 2 aromatic rings. The molecule has 1 aliphatic rings. The molecule has 32 heavy (non-hydrogen) atoms. The molecule has 1 aliphatic heterocycles. The molecule has 0 radical (unpaired) electrons. The first-order chi connectivity index (χ1) is 15.0. The first-order valence-electron chi connectivity index (χ1n) is 10.8. The lowest BCUT2D eigenvalue weighted by Crippen LogP contribution is -2.53. The predicted octanol–water partition coefficient (Wildman–Crippen LogP) is 5.53. The molecular weight excluding hydrogens is 420 g/mol. The van der Waals surface area contributed by atoms with Crippen LogP contribution in [0, 0.1) is 20.8 Å². The molecule has 0 saturated carbocycles. The summed E-state index contributed by atoms with van der Waals surface area (Å²) in [5.41, 5.74) is 8.05. The molecule has 0 unspecified atom stereocenters. The second-order valence-electron chi connectivity index (χ2n) is 9.35. The fraction of sp³-hybridized carbons (Fsp3) is 0.423. The molecule has 2 aromatic carbocycles. The SMILES string of the molecule is C=C(NN(C(=O)c1cc(C)cc(C)c1)C(C)(C)C)c1ccc2c(c1C)O[C@@H](CSC)CO2. The van der Waals surface area contributed by atoms with Gasteiger partial charge >= 0.3 is 0 Å². The second-order valence-corrected chi connectivity index (χ2v) is 10.3. The molecular formula is C26H34N2O3S. The van der Waals surface area contributed by atoms with E-state index in [-0.39, 0.29) is 12.0 Å². The van der Waals surface area contributed by atoms with E-state index in [2.05, 4.69) is 24.3 Å². The molecule has 0 spiro atoms. The molecule has 1 heterocycles. The van der Waals surface area contributed by atoms with Crippen LogP contribution in [0.1, 0.15) is 53.4 Å². The van der Waals surface area contributed by atoms with E-state index in [1.165, 1.54) is 0 Å². The highest BCUT2D eigenvalue weighted by molar-refractivity contribution is 7.98. The maximum Gasteiger partial charge on any atom is 0.272 e. The van der Waals surface area contributed by atoms with Crippen LogP contribution in [0.15, 0.2) is 36.9 Å². The summed E-state index contributed by atoms with van der Waals surface area (Å²) in [5.74, 6) is 2.26. The average Bonchev–Trinajstić information content (AvgIpc) is 2.70. The standard InChI is InChI=1S/C26H34N2O3S/c1-16-11-17(2)13-20(12-16)25(29)28(26(5,6)7)27-19(4)22-9-10-23-24(18(22)3)31-21(14-30-23)15-32-8/h9-13,21,27H,4,14-15H2,1-3,5-8H3/t21-/m1/s1. The van der Waals surface area contributed by atoms with Crippen LogP contribution < -0.4 is 14.9 Å². The lowest BCUT2D eigenvalue weighted by molar-refractivity contribution is 0.0484. The smallest absolute Gasteiger partial charge is 0.272 e. The zero-order chi connectivity index (χ0) is 23.6. The topological polar surface area (TPSA) is 50.8 Å². The summed E-state index contributed by atoms with van der Waals surface area (Å²) in [6, 6.07) is 9.77. The van der Waals surface area contributed by atoms with Gasteiger partial charge in [-0.05, 0) is 72.1 Å². The van der Waals surface area contributed by atoms with E-state index in [1.54, 1.807) is 16.8 Å². The van der Waals surface area contributed by atoms with Crippen molar-refractivity contribution in [1.82, 2.24) is 10.4 Å². The minimum Gasteiger partial charge on any atom is -0.486 e. The molecule has 1 N–H and O–H groups in total. The summed E-state index contributed by atoms with van der Waals surface area (Å²) in [6.07, 6.45) is 2.08. The highest BCUT2D eigenvalue weighted by Gasteiger charge is 2.30. The average molecular weight is 455 g/mol. The van der Waals surface area contributed by atoms with Gasteiger partial charge in [-0.2, -0.15) is 11.8 Å². The predicted molar refractivity (Wildman–Crippen MR) is 133 cm³/mol. The van der Waals surface area contributed by atoms with E-state index in [4.69, 9.17) is 9.47 Å². The van der Waals surface area contributed by atoms with Gasteiger partial charge in [0.2, 0.25) is 0 Å². The third kappa shape index (κ3) is 5.23. The van der Waals surface area contributed by atoms with Gasteiger partial charge in [0, 0.05) is 22.4 Å². The second kappa shape index (κ2) is 9.49. The molecule has 172 valence electrons. The van der Waals surface area contributed by atoms with Crippen molar-refractivity contribution in [3.63, 3.8) is 0 Å². The van der Waals surface area contributed by atoms with Gasteiger partial charge in [0.1, 0.15) is 12.7 Å². The Hall–Kier alpha value is -2.60. The molecule has 6 heteroatoms. The normalized spacial score (nSPS) is 15.3. The number of nitrogens with one attached hydrogen (secondary N) is 1. The van der Waals surface area contributed by atoms with Crippen LogP contribution in [0.25, 0.3) is 5.70 Å². The number of benzene rings is 2. The number of fused-ring (bicyclic) bond motifs is 1. The summed E-state index contributed by atoms with van der Waals surface area (Å²) in [6.45, 7) is 16.8. The zero-order valence-corrected chi connectivity index (χ0v) is 21.0. The Balaban J connectivity index is 1.89. The Kier molecular flexibility index (Phi) is 7.13. The minimum absolute atomic E-state index is 0.0184. The zero-order valence-electron chi connectivity index (χ0n) is 20.2. The highest BCUT2D eigenvalue weighted by atomic mass is 32.2. The number of rotatable bonds is 6. The number of hydrazine groups is 1. The lowest BCUT2D eigenvalue weighted by Gasteiger charge is -2.37. The summed E-state index contributed by atoms with van der Waals surface area (Å²) < 4.78 is 12.1. The van der Waals surface area contributed by atoms with Crippen LogP contribution in [-0.2, 0) is 0 Å². The van der Waals surface area contributed by atoms with E-state index in [1.807, 2.05) is 65.8 Å². The number of nitrogens with zero attached hydrogens (tertiary/aromatic N) is 1. The first-order valence-corrected chi connectivity index (χ1v) is 12.2. The fourth-order valence-corrected chi connectivity index (χ4v) is 4.39. The van der Waals surface area contributed by atoms with Crippen molar-refractivity contribution in [1.29, 1.82) is 0 Å². The van der Waals surface area contributed by atoms with Gasteiger partial charge in [0.15, 0.2) is 11.5 Å². The van der Waals surface area contributed by atoms with E-state index in [0.29, 0.717) is 17.9 Å². The number of carbonyl (C=O) groups is 1. The largest absolute Gasteiger partial charge is 0.486 e. The molecule has 0 fully saturated rings. The molecule has 0 aliphatic carbocycles. The Morgan fingerprint density at radius 2 is 1.84 bits per heavy atom. The van der Waals surface area contributed by atoms with Crippen molar-refractivity contribution < 1.29 is 14.3 Å². The van der Waals surface area contributed by atoms with Gasteiger partial charge in [0.05, 0.1) is 11.2 Å². The monoisotopic (exact) mass is 454 g/mol. The summed E-state index contributed by atoms with van der Waals surface area (Å²) in [5, 5.41) is 1.65. The van der Waals surface area contributed by atoms with Gasteiger partial charge in [-0.3, -0.25) is 10.2 Å². The maximum atomic E-state index is 13.5. The highest BCUT2D eigenvalue weighted by Crippen LogP contribution is 2.38. The quantitative estimate of drug-likeness (QED) is 0.582. The third-order valence-electron chi connectivity index (χ3n) is 5.35. The Morgan fingerprint density at radius 1 is 1.19 bits per heavy atom. The Bertz CT molecular complexity index is 1010. The van der Waals surface area contributed by atoms with E-state index < -0.39 is 5.54 Å². The Labute approximate surface area is 196 Å². The molecule has 1 atom stereocenters. The first kappa shape index (κ1) is 24.1. The Morgan fingerprint density at radius 3 is 2.44 bits per heavy atom. The number of carbonyl (C=O) groups excluding carboxylic acids is 1. The number of amides is 1. The van der Waals surface area contributed by atoms with Crippen LogP contribution in [0.2, 0.25) is 0 Å². The molecule has 0 bridgehead atoms.